The first kappa shape index (κ1) is 21.8. The van der Waals surface area contributed by atoms with E-state index in [0.717, 1.165) is 0 Å². The molecule has 164 valence electrons. The molecule has 0 bridgehead atoms. The molecule has 8 heteroatoms. The van der Waals surface area contributed by atoms with E-state index in [1.165, 1.54) is 6.92 Å². The van der Waals surface area contributed by atoms with Crippen molar-refractivity contribution in [2.24, 2.45) is 5.73 Å². The van der Waals surface area contributed by atoms with Crippen LogP contribution in [0.3, 0.4) is 0 Å². The molecule has 0 saturated carbocycles. The second-order valence-electron chi connectivity index (χ2n) is 7.82. The summed E-state index contributed by atoms with van der Waals surface area (Å²) in [6.45, 7) is 4.91. The first-order valence-electron chi connectivity index (χ1n) is 9.99. The van der Waals surface area contributed by atoms with E-state index in [2.05, 4.69) is 21.2 Å². The molecule has 7 nitrogen and oxygen atoms in total. The summed E-state index contributed by atoms with van der Waals surface area (Å²) in [6.07, 6.45) is -0.473. The van der Waals surface area contributed by atoms with Crippen molar-refractivity contribution in [3.8, 4) is 0 Å². The summed E-state index contributed by atoms with van der Waals surface area (Å²) in [5.74, 6) is -1.99. The number of ether oxygens (including phenoxy) is 2. The van der Waals surface area contributed by atoms with Crippen molar-refractivity contribution >= 4 is 39.3 Å². The number of fused-ring (bicyclic) bond motifs is 2. The quantitative estimate of drug-likeness (QED) is 0.487. The number of rotatable bonds is 4. The molecular weight excluding hydrogens is 476 g/mol. The molecule has 2 aromatic rings. The van der Waals surface area contributed by atoms with Crippen LogP contribution in [0, 0.1) is 0 Å². The zero-order chi connectivity index (χ0) is 23.2. The van der Waals surface area contributed by atoms with Gasteiger partial charge in [-0.3, -0.25) is 4.79 Å². The van der Waals surface area contributed by atoms with Gasteiger partial charge in [-0.1, -0.05) is 46.3 Å². The summed E-state index contributed by atoms with van der Waals surface area (Å²) in [5, 5.41) is 2.97. The Bertz CT molecular complexity index is 1220. The summed E-state index contributed by atoms with van der Waals surface area (Å²) >= 11 is 3.43. The highest BCUT2D eigenvalue weighted by atomic mass is 79.9. The molecule has 1 spiro atoms. The number of halogens is 1. The molecule has 4 rings (SSSR count). The number of hydrogen-bond acceptors (Lipinski definition) is 7. The number of benzene rings is 2. The van der Waals surface area contributed by atoms with Gasteiger partial charge in [-0.25, -0.2) is 9.59 Å². The highest BCUT2D eigenvalue weighted by Gasteiger charge is 2.62. The minimum atomic E-state index is -1.88. The predicted molar refractivity (Wildman–Crippen MR) is 121 cm³/mol. The van der Waals surface area contributed by atoms with Crippen LogP contribution in [0.5, 0.6) is 0 Å². The van der Waals surface area contributed by atoms with Crippen molar-refractivity contribution < 1.29 is 23.9 Å². The maximum atomic E-state index is 13.7. The Morgan fingerprint density at radius 2 is 1.81 bits per heavy atom. The number of carbonyl (C=O) groups excluding carboxylic acids is 3. The van der Waals surface area contributed by atoms with E-state index < -0.39 is 29.2 Å². The standard InChI is InChI=1S/C24H21BrN2O5/c1-12(2)31-22(29)19-21(26)27-17-10-9-15(25)11-16(17)24(19)18(13(3)32-23(24)30)20(28)14-7-5-4-6-8-14/h4-12,27H,26H2,1-3H3/t24-/m0/s1. The third-order valence-corrected chi connectivity index (χ3v) is 5.88. The van der Waals surface area contributed by atoms with Crippen molar-refractivity contribution in [1.29, 1.82) is 0 Å². The Morgan fingerprint density at radius 1 is 1.12 bits per heavy atom. The van der Waals surface area contributed by atoms with Crippen LogP contribution in [0.1, 0.15) is 36.7 Å². The fourth-order valence-corrected chi connectivity index (χ4v) is 4.55. The minimum absolute atomic E-state index is 0.0354. The van der Waals surface area contributed by atoms with Crippen LogP contribution in [0.4, 0.5) is 5.69 Å². The molecule has 0 radical (unpaired) electrons. The fourth-order valence-electron chi connectivity index (χ4n) is 4.18. The van der Waals surface area contributed by atoms with Gasteiger partial charge in [0, 0.05) is 21.3 Å². The van der Waals surface area contributed by atoms with E-state index in [-0.39, 0.29) is 22.7 Å². The molecule has 0 saturated heterocycles. The Hall–Kier alpha value is -3.39. The average Bonchev–Trinajstić information content (AvgIpc) is 2.98. The first-order valence-corrected chi connectivity index (χ1v) is 10.8. The number of Topliss-reactive ketones (excluding diaryl/α,β-unsaturated/α-hetero) is 1. The fraction of sp³-hybridized carbons (Fsp3) is 0.208. The van der Waals surface area contributed by atoms with Crippen molar-refractivity contribution in [3.63, 3.8) is 0 Å². The largest absolute Gasteiger partial charge is 0.459 e. The molecule has 2 heterocycles. The van der Waals surface area contributed by atoms with Gasteiger partial charge in [0.1, 0.15) is 17.2 Å². The zero-order valence-electron chi connectivity index (χ0n) is 17.7. The van der Waals surface area contributed by atoms with Gasteiger partial charge in [-0.05, 0) is 39.0 Å². The van der Waals surface area contributed by atoms with Gasteiger partial charge in [0.25, 0.3) is 0 Å². The number of hydrogen-bond donors (Lipinski definition) is 2. The predicted octanol–water partition coefficient (Wildman–Crippen LogP) is 3.95. The molecule has 0 fully saturated rings. The van der Waals surface area contributed by atoms with Gasteiger partial charge in [0.05, 0.1) is 11.7 Å². The number of nitrogens with one attached hydrogen (secondary N) is 1. The smallest absolute Gasteiger partial charge is 0.339 e. The van der Waals surface area contributed by atoms with Gasteiger partial charge >= 0.3 is 11.9 Å². The summed E-state index contributed by atoms with van der Waals surface area (Å²) in [7, 11) is 0. The van der Waals surface area contributed by atoms with Gasteiger partial charge in [0.15, 0.2) is 11.2 Å². The number of carbonyl (C=O) groups is 3. The van der Waals surface area contributed by atoms with Crippen LogP contribution in [0.2, 0.25) is 0 Å². The number of esters is 2. The number of anilines is 1. The third-order valence-electron chi connectivity index (χ3n) is 5.39. The molecule has 1 atom stereocenters. The second-order valence-corrected chi connectivity index (χ2v) is 8.74. The van der Waals surface area contributed by atoms with Crippen LogP contribution < -0.4 is 11.1 Å². The molecule has 0 unspecified atom stereocenters. The van der Waals surface area contributed by atoms with Gasteiger partial charge in [0.2, 0.25) is 0 Å². The lowest BCUT2D eigenvalue weighted by Crippen LogP contribution is -2.48. The van der Waals surface area contributed by atoms with E-state index >= 15 is 0 Å². The highest BCUT2D eigenvalue weighted by molar-refractivity contribution is 9.10. The van der Waals surface area contributed by atoms with Crippen molar-refractivity contribution in [2.75, 3.05) is 5.32 Å². The van der Waals surface area contributed by atoms with Crippen LogP contribution in [-0.4, -0.2) is 23.8 Å². The van der Waals surface area contributed by atoms with Crippen LogP contribution >= 0.6 is 15.9 Å². The minimum Gasteiger partial charge on any atom is -0.459 e. The number of nitrogens with two attached hydrogens (primary N) is 1. The van der Waals surface area contributed by atoms with Gasteiger partial charge < -0.3 is 20.5 Å². The molecule has 0 aromatic heterocycles. The Labute approximate surface area is 193 Å². The Kier molecular flexibility index (Phi) is 5.42. The molecule has 3 N–H and O–H groups in total. The van der Waals surface area contributed by atoms with E-state index in [1.807, 2.05) is 0 Å². The summed E-state index contributed by atoms with van der Waals surface area (Å²) in [6, 6.07) is 13.7. The van der Waals surface area contributed by atoms with E-state index in [0.29, 0.717) is 21.3 Å². The molecule has 32 heavy (non-hydrogen) atoms. The normalized spacial score (nSPS) is 19.7. The van der Waals surface area contributed by atoms with Crippen LogP contribution in [-0.2, 0) is 24.5 Å². The first-order chi connectivity index (χ1) is 15.2. The van der Waals surface area contributed by atoms with Crippen LogP contribution in [0.25, 0.3) is 0 Å². The average molecular weight is 497 g/mol. The van der Waals surface area contributed by atoms with Crippen molar-refractivity contribution in [3.05, 3.63) is 86.9 Å². The van der Waals surface area contributed by atoms with Gasteiger partial charge in [-0.2, -0.15) is 0 Å². The topological polar surface area (TPSA) is 108 Å². The van der Waals surface area contributed by atoms with Crippen molar-refractivity contribution in [1.82, 2.24) is 0 Å². The lowest BCUT2D eigenvalue weighted by molar-refractivity contribution is -0.148. The monoisotopic (exact) mass is 496 g/mol. The molecule has 0 amide bonds. The number of cyclic esters (lactones) is 1. The third kappa shape index (κ3) is 3.22. The summed E-state index contributed by atoms with van der Waals surface area (Å²) in [5.41, 5.74) is 5.48. The van der Waals surface area contributed by atoms with E-state index in [1.54, 1.807) is 62.4 Å². The number of ketones is 1. The molecular formula is C24H21BrN2O5. The van der Waals surface area contributed by atoms with Gasteiger partial charge in [-0.15, -0.1) is 0 Å². The lowest BCUT2D eigenvalue weighted by Gasteiger charge is -2.36. The molecule has 2 aliphatic rings. The highest BCUT2D eigenvalue weighted by Crippen LogP contribution is 2.53. The zero-order valence-corrected chi connectivity index (χ0v) is 19.3. The SMILES string of the molecule is CC1=C(C(=O)c2ccccc2)[C@]2(C(=O)O1)C(C(=O)OC(C)C)=C(N)Nc1ccc(Br)cc12. The van der Waals surface area contributed by atoms with Crippen molar-refractivity contribution in [2.45, 2.75) is 32.3 Å². The molecule has 2 aromatic carbocycles. The summed E-state index contributed by atoms with van der Waals surface area (Å²) < 4.78 is 11.6. The Morgan fingerprint density at radius 3 is 2.47 bits per heavy atom. The van der Waals surface area contributed by atoms with E-state index in [4.69, 9.17) is 15.2 Å². The number of allylic oxidation sites excluding steroid dienone is 1. The lowest BCUT2D eigenvalue weighted by atomic mass is 9.65. The maximum absolute atomic E-state index is 13.7. The van der Waals surface area contributed by atoms with Crippen LogP contribution in [0.15, 0.2) is 75.7 Å². The second kappa shape index (κ2) is 7.94. The maximum Gasteiger partial charge on any atom is 0.339 e. The Balaban J connectivity index is 2.06. The molecule has 2 aliphatic heterocycles. The van der Waals surface area contributed by atoms with E-state index in [9.17, 15) is 14.4 Å². The molecule has 0 aliphatic carbocycles. The summed E-state index contributed by atoms with van der Waals surface area (Å²) in [4.78, 5) is 40.6.